The van der Waals surface area contributed by atoms with E-state index < -0.39 is 0 Å². The van der Waals surface area contributed by atoms with Gasteiger partial charge in [0.1, 0.15) is 0 Å². The summed E-state index contributed by atoms with van der Waals surface area (Å²) < 4.78 is 0. The molecule has 1 aromatic carbocycles. The molecule has 0 aliphatic rings. The maximum absolute atomic E-state index is 7.09. The first-order chi connectivity index (χ1) is 3.79. The normalized spacial score (nSPS) is 6.64. The van der Waals surface area contributed by atoms with Crippen molar-refractivity contribution in [3.8, 4) is 0 Å². The Kier molecular flexibility index (Phi) is 12.7. The van der Waals surface area contributed by atoms with Gasteiger partial charge in [0.05, 0.1) is 0 Å². The minimum Gasteiger partial charge on any atom is -0.699 e. The second kappa shape index (κ2) is 8.13. The van der Waals surface area contributed by atoms with E-state index in [1.165, 1.54) is 5.56 Å². The van der Waals surface area contributed by atoms with Crippen molar-refractivity contribution in [3.05, 3.63) is 43.0 Å². The summed E-state index contributed by atoms with van der Waals surface area (Å²) in [5, 5.41) is 0. The molecule has 1 aromatic rings. The largest absolute Gasteiger partial charge is 2.00 e. The fraction of sp³-hybridized carbons (Fsp3) is 0.125. The molecule has 1 rings (SSSR count). The average molecular weight is 239 g/mol. The number of rotatable bonds is 0. The Balaban J connectivity index is -0.000000213. The maximum Gasteiger partial charge on any atom is 2.00 e. The first-order valence-corrected chi connectivity index (χ1v) is 2.57. The summed E-state index contributed by atoms with van der Waals surface area (Å²) in [5.41, 5.74) is 8.88. The van der Waals surface area contributed by atoms with Crippen LogP contribution in [0.2, 0.25) is 0 Å². The quantitative estimate of drug-likeness (QED) is 0.621. The first kappa shape index (κ1) is 17.2. The molecule has 0 saturated carbocycles. The second-order valence-electron chi connectivity index (χ2n) is 1.87. The zero-order chi connectivity index (χ0) is 5.98. The number of hydrogen-bond acceptors (Lipinski definition) is 0. The van der Waals surface area contributed by atoms with E-state index >= 15 is 0 Å². The van der Waals surface area contributed by atoms with E-state index in [0.29, 0.717) is 5.69 Å². The third-order valence-corrected chi connectivity index (χ3v) is 1.05. The van der Waals surface area contributed by atoms with Crippen LogP contribution in [0.5, 0.6) is 0 Å². The molecule has 64 valence electrons. The standard InChI is InChI=1S/C7H8N.CH3.2Co/c1-6-2-4-7(8)5-3-6;;;/h2-5,8H,1H3;1H3;;/q2*-1;2*+2. The Morgan fingerprint density at radius 3 is 1.64 bits per heavy atom. The summed E-state index contributed by atoms with van der Waals surface area (Å²) in [6.45, 7) is 2.01. The van der Waals surface area contributed by atoms with Gasteiger partial charge in [-0.15, -0.1) is 5.69 Å². The van der Waals surface area contributed by atoms with E-state index in [9.17, 15) is 0 Å². The van der Waals surface area contributed by atoms with Crippen LogP contribution in [0.15, 0.2) is 24.3 Å². The summed E-state index contributed by atoms with van der Waals surface area (Å²) in [6, 6.07) is 7.44. The van der Waals surface area contributed by atoms with Gasteiger partial charge in [-0.25, -0.2) is 0 Å². The van der Waals surface area contributed by atoms with Crippen LogP contribution in [0.4, 0.5) is 5.69 Å². The van der Waals surface area contributed by atoms with Crippen LogP contribution >= 0.6 is 0 Å². The summed E-state index contributed by atoms with van der Waals surface area (Å²) in [4.78, 5) is 0. The van der Waals surface area contributed by atoms with Crippen LogP contribution in [0.1, 0.15) is 5.56 Å². The van der Waals surface area contributed by atoms with Gasteiger partial charge in [0, 0.05) is 0 Å². The van der Waals surface area contributed by atoms with Crippen LogP contribution in [0, 0.1) is 14.4 Å². The van der Waals surface area contributed by atoms with Crippen molar-refractivity contribution in [2.45, 2.75) is 6.92 Å². The molecule has 0 amide bonds. The van der Waals surface area contributed by atoms with E-state index in [4.69, 9.17) is 5.73 Å². The van der Waals surface area contributed by atoms with Gasteiger partial charge < -0.3 is 13.2 Å². The monoisotopic (exact) mass is 239 g/mol. The number of benzene rings is 1. The number of hydrogen-bond donors (Lipinski definition) is 0. The number of nitrogens with one attached hydrogen (secondary N) is 1. The fourth-order valence-corrected chi connectivity index (χ4v) is 0.554. The zero-order valence-corrected chi connectivity index (χ0v) is 8.56. The SMILES string of the molecule is Cc1ccc([NH-])cc1.[CH3-].[Co+2].[Co+2]. The van der Waals surface area contributed by atoms with Crippen molar-refractivity contribution in [2.75, 3.05) is 0 Å². The molecule has 0 fully saturated rings. The molecular weight excluding hydrogens is 228 g/mol. The molecule has 0 aliphatic carbocycles. The molecule has 1 nitrogen and oxygen atoms in total. The Morgan fingerprint density at radius 2 is 1.36 bits per heavy atom. The van der Waals surface area contributed by atoms with Crippen LogP contribution < -0.4 is 0 Å². The molecular formula is C8H11Co2N+2. The van der Waals surface area contributed by atoms with Gasteiger partial charge in [-0.05, 0) is 6.92 Å². The molecule has 0 bridgehead atoms. The van der Waals surface area contributed by atoms with E-state index in [0.717, 1.165) is 0 Å². The van der Waals surface area contributed by atoms with E-state index in [2.05, 4.69) is 0 Å². The van der Waals surface area contributed by atoms with E-state index in [-0.39, 0.29) is 41.0 Å². The molecule has 1 N–H and O–H groups in total. The topological polar surface area (TPSA) is 23.8 Å². The predicted molar refractivity (Wildman–Crippen MR) is 41.6 cm³/mol. The van der Waals surface area contributed by atoms with Crippen LogP contribution in [-0.4, -0.2) is 0 Å². The summed E-state index contributed by atoms with van der Waals surface area (Å²) in [5.74, 6) is 0. The Hall–Kier alpha value is 0.0330. The first-order valence-electron chi connectivity index (χ1n) is 2.57. The average Bonchev–Trinajstić information content (AvgIpc) is 1.77. The molecule has 0 heterocycles. The Labute approximate surface area is 89.1 Å². The molecule has 0 atom stereocenters. The zero-order valence-electron chi connectivity index (χ0n) is 6.48. The predicted octanol–water partition coefficient (Wildman–Crippen LogP) is 3.12. The van der Waals surface area contributed by atoms with Crippen LogP contribution in [0.25, 0.3) is 5.73 Å². The van der Waals surface area contributed by atoms with E-state index in [1.807, 2.05) is 19.1 Å². The minimum absolute atomic E-state index is 0. The van der Waals surface area contributed by atoms with Gasteiger partial charge in [0.25, 0.3) is 0 Å². The van der Waals surface area contributed by atoms with Crippen molar-refractivity contribution in [3.63, 3.8) is 0 Å². The summed E-state index contributed by atoms with van der Waals surface area (Å²) in [7, 11) is 0. The van der Waals surface area contributed by atoms with Crippen molar-refractivity contribution in [1.29, 1.82) is 0 Å². The third kappa shape index (κ3) is 6.43. The minimum atomic E-state index is 0. The smallest absolute Gasteiger partial charge is 0.699 e. The van der Waals surface area contributed by atoms with Crippen LogP contribution in [0.3, 0.4) is 0 Å². The van der Waals surface area contributed by atoms with Crippen LogP contribution in [-0.2, 0) is 33.6 Å². The van der Waals surface area contributed by atoms with Gasteiger partial charge in [0.15, 0.2) is 0 Å². The summed E-state index contributed by atoms with van der Waals surface area (Å²) >= 11 is 0. The Bertz CT molecular complexity index is 151. The molecule has 0 aromatic heterocycles. The van der Waals surface area contributed by atoms with Gasteiger partial charge in [-0.3, -0.25) is 0 Å². The molecule has 0 saturated heterocycles. The third-order valence-electron chi connectivity index (χ3n) is 1.05. The maximum atomic E-state index is 7.09. The molecule has 0 spiro atoms. The molecule has 0 unspecified atom stereocenters. The van der Waals surface area contributed by atoms with Crippen molar-refractivity contribution < 1.29 is 33.6 Å². The Morgan fingerprint density at radius 1 is 1.00 bits per heavy atom. The second-order valence-corrected chi connectivity index (χ2v) is 1.87. The fourth-order valence-electron chi connectivity index (χ4n) is 0.554. The van der Waals surface area contributed by atoms with Gasteiger partial charge in [-0.1, -0.05) is 29.8 Å². The van der Waals surface area contributed by atoms with Crippen molar-refractivity contribution in [2.24, 2.45) is 0 Å². The molecule has 3 heteroatoms. The van der Waals surface area contributed by atoms with Gasteiger partial charge >= 0.3 is 33.6 Å². The molecule has 0 aliphatic heterocycles. The van der Waals surface area contributed by atoms with Gasteiger partial charge in [-0.2, -0.15) is 0 Å². The summed E-state index contributed by atoms with van der Waals surface area (Å²) in [6.07, 6.45) is 0. The van der Waals surface area contributed by atoms with E-state index in [1.54, 1.807) is 12.1 Å². The molecule has 11 heavy (non-hydrogen) atoms. The van der Waals surface area contributed by atoms with Crippen molar-refractivity contribution in [1.82, 2.24) is 0 Å². The molecule has 2 radical (unpaired) electrons. The van der Waals surface area contributed by atoms with Gasteiger partial charge in [0.2, 0.25) is 0 Å². The number of aryl methyl sites for hydroxylation is 1. The van der Waals surface area contributed by atoms with Crippen molar-refractivity contribution >= 4 is 5.69 Å².